The van der Waals surface area contributed by atoms with Gasteiger partial charge in [0.05, 0.1) is 23.3 Å². The largest absolute Gasteiger partial charge is 0.357 e. The summed E-state index contributed by atoms with van der Waals surface area (Å²) in [6, 6.07) is 7.42. The molecule has 132 valence electrons. The van der Waals surface area contributed by atoms with Gasteiger partial charge in [0.25, 0.3) is 5.91 Å². The van der Waals surface area contributed by atoms with Crippen LogP contribution in [0, 0.1) is 6.92 Å². The van der Waals surface area contributed by atoms with Crippen LogP contribution in [-0.4, -0.2) is 36.4 Å². The number of thiophene rings is 1. The lowest BCUT2D eigenvalue weighted by molar-refractivity contribution is -0.115. The first-order valence-corrected chi connectivity index (χ1v) is 9.29. The number of pyridine rings is 1. The smallest absolute Gasteiger partial charge is 0.261 e. The van der Waals surface area contributed by atoms with E-state index >= 15 is 0 Å². The van der Waals surface area contributed by atoms with Gasteiger partial charge in [0, 0.05) is 18.0 Å². The Kier molecular flexibility index (Phi) is 5.65. The predicted octanol–water partition coefficient (Wildman–Crippen LogP) is 2.81. The number of hydrogen-bond donors (Lipinski definition) is 2. The van der Waals surface area contributed by atoms with E-state index in [4.69, 9.17) is 0 Å². The third-order valence-corrected chi connectivity index (χ3v) is 5.08. The first kappa shape index (κ1) is 17.4. The van der Waals surface area contributed by atoms with E-state index in [0.717, 1.165) is 23.8 Å². The summed E-state index contributed by atoms with van der Waals surface area (Å²) in [5.74, 6) is 0.444. The van der Waals surface area contributed by atoms with Crippen molar-refractivity contribution in [1.82, 2.24) is 10.3 Å². The lowest BCUT2D eigenvalue weighted by Gasteiger charge is -2.27. The zero-order valence-electron chi connectivity index (χ0n) is 14.2. The summed E-state index contributed by atoms with van der Waals surface area (Å²) in [5, 5.41) is 5.38. The molecule has 0 spiro atoms. The number of aromatic nitrogens is 1. The summed E-state index contributed by atoms with van der Waals surface area (Å²) in [6.45, 7) is 3.94. The Labute approximate surface area is 151 Å². The van der Waals surface area contributed by atoms with Crippen molar-refractivity contribution in [2.45, 2.75) is 26.2 Å². The molecule has 25 heavy (non-hydrogen) atoms. The second-order valence-corrected chi connectivity index (χ2v) is 7.38. The maximum absolute atomic E-state index is 12.0. The van der Waals surface area contributed by atoms with Crippen molar-refractivity contribution in [3.63, 3.8) is 0 Å². The number of amides is 2. The molecule has 0 unspecified atom stereocenters. The van der Waals surface area contributed by atoms with E-state index in [0.29, 0.717) is 10.6 Å². The first-order valence-electron chi connectivity index (χ1n) is 8.47. The molecule has 6 nitrogen and oxygen atoms in total. The fourth-order valence-corrected chi connectivity index (χ4v) is 3.56. The predicted molar refractivity (Wildman–Crippen MR) is 100 cm³/mol. The van der Waals surface area contributed by atoms with E-state index in [1.165, 1.54) is 30.6 Å². The zero-order chi connectivity index (χ0) is 17.6. The molecule has 3 heterocycles. The topological polar surface area (TPSA) is 74.3 Å². The Morgan fingerprint density at radius 2 is 1.96 bits per heavy atom. The standard InChI is InChI=1S/C18H22N4O2S/c1-13-5-7-15(25-13)18(24)20-12-17(23)21-14-6-8-16(19-11-14)22-9-3-2-4-10-22/h5-8,11H,2-4,9-10,12H2,1H3,(H,20,24)(H,21,23). The minimum Gasteiger partial charge on any atom is -0.357 e. The van der Waals surface area contributed by atoms with Crippen LogP contribution in [0.4, 0.5) is 11.5 Å². The van der Waals surface area contributed by atoms with Gasteiger partial charge in [-0.15, -0.1) is 11.3 Å². The van der Waals surface area contributed by atoms with Crippen LogP contribution < -0.4 is 15.5 Å². The molecule has 7 heteroatoms. The molecule has 0 bridgehead atoms. The van der Waals surface area contributed by atoms with Gasteiger partial charge in [-0.2, -0.15) is 0 Å². The van der Waals surface area contributed by atoms with Gasteiger partial charge >= 0.3 is 0 Å². The molecule has 0 saturated carbocycles. The Morgan fingerprint density at radius 1 is 1.16 bits per heavy atom. The minimum atomic E-state index is -0.269. The second-order valence-electron chi connectivity index (χ2n) is 6.09. The van der Waals surface area contributed by atoms with Gasteiger partial charge in [-0.1, -0.05) is 0 Å². The van der Waals surface area contributed by atoms with Gasteiger partial charge in [-0.05, 0) is 50.5 Å². The maximum atomic E-state index is 12.0. The highest BCUT2D eigenvalue weighted by Gasteiger charge is 2.13. The van der Waals surface area contributed by atoms with Crippen LogP contribution in [-0.2, 0) is 4.79 Å². The van der Waals surface area contributed by atoms with E-state index in [1.807, 2.05) is 25.1 Å². The number of piperidine rings is 1. The average molecular weight is 358 g/mol. The number of hydrogen-bond acceptors (Lipinski definition) is 5. The molecule has 1 fully saturated rings. The molecular weight excluding hydrogens is 336 g/mol. The maximum Gasteiger partial charge on any atom is 0.261 e. The number of nitrogens with zero attached hydrogens (tertiary/aromatic N) is 2. The van der Waals surface area contributed by atoms with Crippen LogP contribution in [0.15, 0.2) is 30.5 Å². The summed E-state index contributed by atoms with van der Waals surface area (Å²) < 4.78 is 0. The highest BCUT2D eigenvalue weighted by atomic mass is 32.1. The summed E-state index contributed by atoms with van der Waals surface area (Å²) in [7, 11) is 0. The molecule has 0 atom stereocenters. The van der Waals surface area contributed by atoms with Crippen LogP contribution >= 0.6 is 11.3 Å². The molecular formula is C18H22N4O2S. The molecule has 2 N–H and O–H groups in total. The molecule has 1 aliphatic rings. The highest BCUT2D eigenvalue weighted by Crippen LogP contribution is 2.19. The second kappa shape index (κ2) is 8.11. The minimum absolute atomic E-state index is 0.0658. The molecule has 1 saturated heterocycles. The van der Waals surface area contributed by atoms with Gasteiger partial charge in [0.15, 0.2) is 0 Å². The fraction of sp³-hybridized carbons (Fsp3) is 0.389. The van der Waals surface area contributed by atoms with E-state index in [-0.39, 0.29) is 18.4 Å². The van der Waals surface area contributed by atoms with Crippen molar-refractivity contribution in [2.75, 3.05) is 29.9 Å². The number of carbonyl (C=O) groups excluding carboxylic acids is 2. The lowest BCUT2D eigenvalue weighted by atomic mass is 10.1. The summed E-state index contributed by atoms with van der Waals surface area (Å²) in [6.07, 6.45) is 5.33. The SMILES string of the molecule is Cc1ccc(C(=O)NCC(=O)Nc2ccc(N3CCCCC3)nc2)s1. The summed E-state index contributed by atoms with van der Waals surface area (Å²) in [4.78, 5) is 32.3. The van der Waals surface area contributed by atoms with Crippen molar-refractivity contribution < 1.29 is 9.59 Å². The van der Waals surface area contributed by atoms with Crippen molar-refractivity contribution in [3.8, 4) is 0 Å². The van der Waals surface area contributed by atoms with Gasteiger partial charge in [-0.25, -0.2) is 4.98 Å². The monoisotopic (exact) mass is 358 g/mol. The van der Waals surface area contributed by atoms with E-state index in [1.54, 1.807) is 12.3 Å². The molecule has 1 aliphatic heterocycles. The van der Waals surface area contributed by atoms with E-state index < -0.39 is 0 Å². The van der Waals surface area contributed by atoms with Crippen molar-refractivity contribution in [3.05, 3.63) is 40.2 Å². The van der Waals surface area contributed by atoms with Crippen LogP contribution in [0.5, 0.6) is 0 Å². The number of aryl methyl sites for hydroxylation is 1. The van der Waals surface area contributed by atoms with Crippen molar-refractivity contribution in [2.24, 2.45) is 0 Å². The van der Waals surface area contributed by atoms with Crippen LogP contribution in [0.25, 0.3) is 0 Å². The molecule has 2 aromatic rings. The van der Waals surface area contributed by atoms with Crippen LogP contribution in [0.3, 0.4) is 0 Å². The molecule has 0 aromatic carbocycles. The summed E-state index contributed by atoms with van der Waals surface area (Å²) in [5.41, 5.74) is 0.631. The van der Waals surface area contributed by atoms with Crippen LogP contribution in [0.2, 0.25) is 0 Å². The van der Waals surface area contributed by atoms with Crippen molar-refractivity contribution >= 4 is 34.7 Å². The van der Waals surface area contributed by atoms with E-state index in [9.17, 15) is 9.59 Å². The molecule has 0 radical (unpaired) electrons. The van der Waals surface area contributed by atoms with Crippen LogP contribution in [0.1, 0.15) is 33.8 Å². The summed E-state index contributed by atoms with van der Waals surface area (Å²) >= 11 is 1.41. The quantitative estimate of drug-likeness (QED) is 0.862. The zero-order valence-corrected chi connectivity index (χ0v) is 15.1. The number of nitrogens with one attached hydrogen (secondary N) is 2. The number of rotatable bonds is 5. The molecule has 2 aromatic heterocycles. The normalized spacial score (nSPS) is 14.2. The Bertz CT molecular complexity index is 736. The Hall–Kier alpha value is -2.41. The Morgan fingerprint density at radius 3 is 2.60 bits per heavy atom. The van der Waals surface area contributed by atoms with E-state index in [2.05, 4.69) is 20.5 Å². The number of carbonyl (C=O) groups is 2. The third kappa shape index (κ3) is 4.79. The average Bonchev–Trinajstić information content (AvgIpc) is 3.08. The highest BCUT2D eigenvalue weighted by molar-refractivity contribution is 7.13. The lowest BCUT2D eigenvalue weighted by Crippen LogP contribution is -2.32. The number of anilines is 2. The van der Waals surface area contributed by atoms with Crippen molar-refractivity contribution in [1.29, 1.82) is 0 Å². The van der Waals surface area contributed by atoms with Gasteiger partial charge in [0.1, 0.15) is 5.82 Å². The molecule has 2 amide bonds. The van der Waals surface area contributed by atoms with Gasteiger partial charge < -0.3 is 15.5 Å². The fourth-order valence-electron chi connectivity index (χ4n) is 2.78. The molecule has 3 rings (SSSR count). The Balaban J connectivity index is 1.48. The molecule has 0 aliphatic carbocycles. The van der Waals surface area contributed by atoms with Gasteiger partial charge in [0.2, 0.25) is 5.91 Å². The third-order valence-electron chi connectivity index (χ3n) is 4.09. The van der Waals surface area contributed by atoms with Gasteiger partial charge in [-0.3, -0.25) is 9.59 Å². The first-order chi connectivity index (χ1) is 12.1.